The highest BCUT2D eigenvalue weighted by molar-refractivity contribution is 5.85. The number of hydrogen-bond donors (Lipinski definition) is 2. The number of ether oxygens (including phenoxy) is 1. The minimum Gasteiger partial charge on any atom is -0.435 e. The van der Waals surface area contributed by atoms with Gasteiger partial charge in [0.25, 0.3) is 0 Å². The lowest BCUT2D eigenvalue weighted by Gasteiger charge is -2.07. The Morgan fingerprint density at radius 1 is 1.47 bits per heavy atom. The van der Waals surface area contributed by atoms with Crippen LogP contribution in [0, 0.1) is 0 Å². The van der Waals surface area contributed by atoms with Gasteiger partial charge in [-0.25, -0.2) is 0 Å². The Labute approximate surface area is 104 Å². The molecular formula is C10H13ClF2N2O2. The third kappa shape index (κ3) is 6.03. The second-order valence-electron chi connectivity index (χ2n) is 3.01. The van der Waals surface area contributed by atoms with Crippen molar-refractivity contribution >= 4 is 18.3 Å². The number of carbonyl (C=O) groups is 1. The van der Waals surface area contributed by atoms with E-state index in [2.05, 4.69) is 10.1 Å². The van der Waals surface area contributed by atoms with Crippen molar-refractivity contribution < 1.29 is 18.3 Å². The number of amides is 1. The second kappa shape index (κ2) is 7.81. The molecular weight excluding hydrogens is 254 g/mol. The fourth-order valence-electron chi connectivity index (χ4n) is 1.10. The molecule has 96 valence electrons. The molecule has 0 aromatic heterocycles. The van der Waals surface area contributed by atoms with E-state index in [0.717, 1.165) is 0 Å². The van der Waals surface area contributed by atoms with Crippen molar-refractivity contribution in [3.63, 3.8) is 0 Å². The summed E-state index contributed by atoms with van der Waals surface area (Å²) in [6, 6.07) is 6.11. The number of nitrogens with two attached hydrogens (primary N) is 1. The minimum absolute atomic E-state index is 0. The Hall–Kier alpha value is -1.40. The van der Waals surface area contributed by atoms with Crippen LogP contribution in [0.5, 0.6) is 5.75 Å². The molecule has 0 spiro atoms. The number of rotatable bonds is 5. The van der Waals surface area contributed by atoms with Gasteiger partial charge in [0.1, 0.15) is 5.75 Å². The normalized spacial score (nSPS) is 9.65. The third-order valence-corrected chi connectivity index (χ3v) is 1.80. The molecule has 0 unspecified atom stereocenters. The molecule has 1 aromatic carbocycles. The molecule has 0 aliphatic rings. The van der Waals surface area contributed by atoms with E-state index in [-0.39, 0.29) is 37.2 Å². The van der Waals surface area contributed by atoms with E-state index < -0.39 is 6.61 Å². The molecule has 0 heterocycles. The molecule has 3 N–H and O–H groups in total. The molecule has 7 heteroatoms. The summed E-state index contributed by atoms with van der Waals surface area (Å²) in [6.45, 7) is -2.72. The summed E-state index contributed by atoms with van der Waals surface area (Å²) in [5.74, 6) is -0.241. The van der Waals surface area contributed by atoms with Crippen LogP contribution in [0.4, 0.5) is 8.78 Å². The highest BCUT2D eigenvalue weighted by Crippen LogP contribution is 2.15. The number of halogens is 3. The molecule has 17 heavy (non-hydrogen) atoms. The highest BCUT2D eigenvalue weighted by Gasteiger charge is 2.05. The number of benzene rings is 1. The van der Waals surface area contributed by atoms with Crippen LogP contribution in [0.15, 0.2) is 24.3 Å². The van der Waals surface area contributed by atoms with E-state index >= 15 is 0 Å². The average Bonchev–Trinajstić information content (AvgIpc) is 2.25. The first-order valence-corrected chi connectivity index (χ1v) is 4.62. The maximum absolute atomic E-state index is 11.9. The predicted octanol–water partition coefficient (Wildman–Crippen LogP) is 1.28. The molecule has 4 nitrogen and oxygen atoms in total. The smallest absolute Gasteiger partial charge is 0.387 e. The summed E-state index contributed by atoms with van der Waals surface area (Å²) in [6.07, 6.45) is 0. The topological polar surface area (TPSA) is 64.4 Å². The second-order valence-corrected chi connectivity index (χ2v) is 3.01. The van der Waals surface area contributed by atoms with Gasteiger partial charge in [0.15, 0.2) is 0 Å². The molecule has 1 amide bonds. The molecule has 0 radical (unpaired) electrons. The van der Waals surface area contributed by atoms with Crippen molar-refractivity contribution in [2.45, 2.75) is 13.2 Å². The zero-order valence-corrected chi connectivity index (χ0v) is 9.68. The summed E-state index contributed by atoms with van der Waals surface area (Å²) in [7, 11) is 0. The van der Waals surface area contributed by atoms with Gasteiger partial charge in [-0.05, 0) is 17.7 Å². The van der Waals surface area contributed by atoms with Gasteiger partial charge in [-0.1, -0.05) is 12.1 Å². The quantitative estimate of drug-likeness (QED) is 0.844. The van der Waals surface area contributed by atoms with Crippen molar-refractivity contribution in [3.8, 4) is 5.75 Å². The molecule has 0 aliphatic carbocycles. The Bertz CT molecular complexity index is 364. The van der Waals surface area contributed by atoms with Crippen molar-refractivity contribution in [2.24, 2.45) is 5.73 Å². The fraction of sp³-hybridized carbons (Fsp3) is 0.300. The van der Waals surface area contributed by atoms with Crippen molar-refractivity contribution in [1.82, 2.24) is 5.32 Å². The van der Waals surface area contributed by atoms with Crippen LogP contribution in [0.1, 0.15) is 5.56 Å². The Morgan fingerprint density at radius 2 is 2.18 bits per heavy atom. The average molecular weight is 267 g/mol. The van der Waals surface area contributed by atoms with E-state index in [9.17, 15) is 13.6 Å². The minimum atomic E-state index is -2.85. The molecule has 0 saturated heterocycles. The van der Waals surface area contributed by atoms with Crippen molar-refractivity contribution in [3.05, 3.63) is 29.8 Å². The summed E-state index contributed by atoms with van der Waals surface area (Å²) < 4.78 is 28.0. The van der Waals surface area contributed by atoms with Crippen LogP contribution in [0.3, 0.4) is 0 Å². The van der Waals surface area contributed by atoms with E-state index in [1.165, 1.54) is 12.1 Å². The van der Waals surface area contributed by atoms with Crippen LogP contribution in [0.2, 0.25) is 0 Å². The maximum atomic E-state index is 11.9. The third-order valence-electron chi connectivity index (χ3n) is 1.80. The summed E-state index contributed by atoms with van der Waals surface area (Å²) in [5, 5.41) is 2.52. The first-order chi connectivity index (χ1) is 7.61. The lowest BCUT2D eigenvalue weighted by Crippen LogP contribution is -2.29. The van der Waals surface area contributed by atoms with Gasteiger partial charge in [-0.2, -0.15) is 8.78 Å². The van der Waals surface area contributed by atoms with E-state index in [1.54, 1.807) is 12.1 Å². The van der Waals surface area contributed by atoms with Crippen LogP contribution in [0.25, 0.3) is 0 Å². The Kier molecular flexibility index (Phi) is 7.16. The number of alkyl halides is 2. The predicted molar refractivity (Wildman–Crippen MR) is 61.2 cm³/mol. The van der Waals surface area contributed by atoms with Crippen LogP contribution >= 0.6 is 12.4 Å². The molecule has 0 atom stereocenters. The summed E-state index contributed by atoms with van der Waals surface area (Å²) in [5.41, 5.74) is 5.76. The Morgan fingerprint density at radius 3 is 2.76 bits per heavy atom. The van der Waals surface area contributed by atoms with Gasteiger partial charge in [-0.3, -0.25) is 4.79 Å². The molecule has 1 aromatic rings. The lowest BCUT2D eigenvalue weighted by atomic mass is 10.2. The largest absolute Gasteiger partial charge is 0.435 e. The van der Waals surface area contributed by atoms with Crippen LogP contribution in [-0.4, -0.2) is 19.1 Å². The first kappa shape index (κ1) is 15.6. The van der Waals surface area contributed by atoms with Gasteiger partial charge in [-0.15, -0.1) is 12.4 Å². The fourth-order valence-corrected chi connectivity index (χ4v) is 1.10. The molecule has 0 fully saturated rings. The molecule has 0 saturated carbocycles. The molecule has 0 aliphatic heterocycles. The van der Waals surface area contributed by atoms with Gasteiger partial charge < -0.3 is 15.8 Å². The van der Waals surface area contributed by atoms with E-state index in [1.807, 2.05) is 0 Å². The zero-order chi connectivity index (χ0) is 12.0. The van der Waals surface area contributed by atoms with Gasteiger partial charge in [0, 0.05) is 6.54 Å². The van der Waals surface area contributed by atoms with Crippen LogP contribution < -0.4 is 15.8 Å². The van der Waals surface area contributed by atoms with Gasteiger partial charge in [0.05, 0.1) is 6.54 Å². The molecule has 1 rings (SSSR count). The van der Waals surface area contributed by atoms with Gasteiger partial charge in [0.2, 0.25) is 5.91 Å². The number of nitrogens with one attached hydrogen (secondary N) is 1. The first-order valence-electron chi connectivity index (χ1n) is 4.62. The van der Waals surface area contributed by atoms with E-state index in [0.29, 0.717) is 5.56 Å². The van der Waals surface area contributed by atoms with Crippen LogP contribution in [-0.2, 0) is 11.3 Å². The monoisotopic (exact) mass is 266 g/mol. The van der Waals surface area contributed by atoms with Crippen molar-refractivity contribution in [2.75, 3.05) is 6.54 Å². The number of carbonyl (C=O) groups excluding carboxylic acids is 1. The number of hydrogen-bond acceptors (Lipinski definition) is 3. The maximum Gasteiger partial charge on any atom is 0.387 e. The molecule has 0 bridgehead atoms. The standard InChI is InChI=1S/C10H12F2N2O2.ClH/c11-10(12)16-8-3-1-2-7(4-8)6-14-9(15)5-13;/h1-4,10H,5-6,13H2,(H,14,15);1H. The van der Waals surface area contributed by atoms with Crippen molar-refractivity contribution in [1.29, 1.82) is 0 Å². The zero-order valence-electron chi connectivity index (χ0n) is 8.86. The van der Waals surface area contributed by atoms with E-state index in [4.69, 9.17) is 5.73 Å². The summed E-state index contributed by atoms with van der Waals surface area (Å²) in [4.78, 5) is 10.9. The highest BCUT2D eigenvalue weighted by atomic mass is 35.5. The summed E-state index contributed by atoms with van der Waals surface area (Å²) >= 11 is 0. The SMILES string of the molecule is Cl.NCC(=O)NCc1cccc(OC(F)F)c1. The Balaban J connectivity index is 0.00000256. The van der Waals surface area contributed by atoms with Gasteiger partial charge >= 0.3 is 6.61 Å². The lowest BCUT2D eigenvalue weighted by molar-refractivity contribution is -0.119.